The zero-order chi connectivity index (χ0) is 16.1. The summed E-state index contributed by atoms with van der Waals surface area (Å²) in [5.74, 6) is 1.65. The summed E-state index contributed by atoms with van der Waals surface area (Å²) in [5, 5.41) is 7.70. The Labute approximate surface area is 136 Å². The van der Waals surface area contributed by atoms with Crippen molar-refractivity contribution in [3.8, 4) is 0 Å². The summed E-state index contributed by atoms with van der Waals surface area (Å²) in [6.45, 7) is 3.42. The molecule has 0 radical (unpaired) electrons. The van der Waals surface area contributed by atoms with Crippen molar-refractivity contribution in [3.63, 3.8) is 0 Å². The molecule has 0 aliphatic heterocycles. The molecular weight excluding hydrogens is 286 g/mol. The first-order valence-corrected chi connectivity index (χ1v) is 7.72. The maximum atomic E-state index is 5.79. The first-order chi connectivity index (χ1) is 11.2. The van der Waals surface area contributed by atoms with Crippen molar-refractivity contribution in [2.75, 3.05) is 7.05 Å². The van der Waals surface area contributed by atoms with E-state index in [1.165, 1.54) is 11.1 Å². The first-order valence-electron chi connectivity index (χ1n) is 7.72. The number of hydrogen-bond acceptors (Lipinski definition) is 2. The van der Waals surface area contributed by atoms with Crippen molar-refractivity contribution in [2.45, 2.75) is 20.0 Å². The van der Waals surface area contributed by atoms with Gasteiger partial charge in [-0.2, -0.15) is 0 Å². The molecule has 0 amide bonds. The average molecular weight is 307 g/mol. The van der Waals surface area contributed by atoms with Crippen LogP contribution in [-0.2, 0) is 13.1 Å². The second-order valence-electron chi connectivity index (χ2n) is 5.52. The molecular formula is C19H21N3O. The molecule has 2 aromatic carbocycles. The Kier molecular flexibility index (Phi) is 4.62. The molecule has 0 spiro atoms. The van der Waals surface area contributed by atoms with E-state index in [0.717, 1.165) is 29.2 Å². The van der Waals surface area contributed by atoms with Crippen molar-refractivity contribution in [1.29, 1.82) is 0 Å². The molecule has 0 bridgehead atoms. The number of fused-ring (bicyclic) bond motifs is 1. The van der Waals surface area contributed by atoms with Crippen LogP contribution in [0.15, 0.2) is 64.0 Å². The molecule has 4 heteroatoms. The number of benzene rings is 2. The van der Waals surface area contributed by atoms with Crippen LogP contribution in [0.5, 0.6) is 0 Å². The number of furan rings is 1. The van der Waals surface area contributed by atoms with E-state index in [-0.39, 0.29) is 0 Å². The molecule has 23 heavy (non-hydrogen) atoms. The Balaban J connectivity index is 1.56. The van der Waals surface area contributed by atoms with Gasteiger partial charge in [0.05, 0.1) is 6.54 Å². The highest BCUT2D eigenvalue weighted by Gasteiger charge is 2.04. The van der Waals surface area contributed by atoms with Gasteiger partial charge < -0.3 is 15.1 Å². The third-order valence-corrected chi connectivity index (χ3v) is 3.71. The van der Waals surface area contributed by atoms with Crippen LogP contribution in [-0.4, -0.2) is 13.0 Å². The lowest BCUT2D eigenvalue weighted by molar-refractivity contribution is 0.538. The Morgan fingerprint density at radius 2 is 1.74 bits per heavy atom. The number of para-hydroxylation sites is 1. The standard InChI is InChI=1S/C19H21N3O/c1-14-7-9-15(10-8-14)12-21-19(20-2)22-13-17-11-16-5-3-4-6-18(16)23-17/h3-11H,12-13H2,1-2H3,(H2,20,21,22). The predicted octanol–water partition coefficient (Wildman–Crippen LogP) is 3.61. The molecule has 1 aromatic heterocycles. The van der Waals surface area contributed by atoms with Crippen LogP contribution in [0.2, 0.25) is 0 Å². The van der Waals surface area contributed by atoms with Crippen LogP contribution in [0.3, 0.4) is 0 Å². The van der Waals surface area contributed by atoms with Gasteiger partial charge >= 0.3 is 0 Å². The van der Waals surface area contributed by atoms with Gasteiger partial charge in [-0.3, -0.25) is 4.99 Å². The van der Waals surface area contributed by atoms with Gasteiger partial charge in [0.15, 0.2) is 5.96 Å². The summed E-state index contributed by atoms with van der Waals surface area (Å²) < 4.78 is 5.79. The summed E-state index contributed by atoms with van der Waals surface area (Å²) >= 11 is 0. The molecule has 0 aliphatic carbocycles. The minimum Gasteiger partial charge on any atom is -0.459 e. The van der Waals surface area contributed by atoms with Gasteiger partial charge in [0.1, 0.15) is 11.3 Å². The van der Waals surface area contributed by atoms with E-state index in [0.29, 0.717) is 6.54 Å². The predicted molar refractivity (Wildman–Crippen MR) is 94.4 cm³/mol. The highest BCUT2D eigenvalue weighted by Crippen LogP contribution is 2.18. The van der Waals surface area contributed by atoms with Gasteiger partial charge in [-0.1, -0.05) is 48.0 Å². The molecule has 0 aliphatic rings. The fraction of sp³-hybridized carbons (Fsp3) is 0.211. The van der Waals surface area contributed by atoms with Crippen molar-refractivity contribution < 1.29 is 4.42 Å². The fourth-order valence-electron chi connectivity index (χ4n) is 2.41. The van der Waals surface area contributed by atoms with Crippen LogP contribution in [0, 0.1) is 6.92 Å². The van der Waals surface area contributed by atoms with Gasteiger partial charge in [0, 0.05) is 19.0 Å². The van der Waals surface area contributed by atoms with Gasteiger partial charge in [-0.05, 0) is 24.6 Å². The van der Waals surface area contributed by atoms with E-state index < -0.39 is 0 Å². The van der Waals surface area contributed by atoms with Crippen LogP contribution in [0.1, 0.15) is 16.9 Å². The molecule has 0 saturated heterocycles. The highest BCUT2D eigenvalue weighted by atomic mass is 16.3. The van der Waals surface area contributed by atoms with E-state index in [2.05, 4.69) is 52.9 Å². The van der Waals surface area contributed by atoms with Crippen LogP contribution >= 0.6 is 0 Å². The maximum Gasteiger partial charge on any atom is 0.191 e. The van der Waals surface area contributed by atoms with Crippen LogP contribution in [0.25, 0.3) is 11.0 Å². The minimum atomic E-state index is 0.599. The Hall–Kier alpha value is -2.75. The topological polar surface area (TPSA) is 49.6 Å². The van der Waals surface area contributed by atoms with E-state index >= 15 is 0 Å². The molecule has 3 rings (SSSR count). The summed E-state index contributed by atoms with van der Waals surface area (Å²) in [6, 6.07) is 18.5. The number of aryl methyl sites for hydroxylation is 1. The van der Waals surface area contributed by atoms with Crippen LogP contribution < -0.4 is 10.6 Å². The van der Waals surface area contributed by atoms with Crippen molar-refractivity contribution in [3.05, 3.63) is 71.5 Å². The van der Waals surface area contributed by atoms with Gasteiger partial charge in [-0.25, -0.2) is 0 Å². The number of nitrogens with one attached hydrogen (secondary N) is 2. The SMILES string of the molecule is CN=C(NCc1ccc(C)cc1)NCc1cc2ccccc2o1. The Morgan fingerprint density at radius 1 is 1.00 bits per heavy atom. The zero-order valence-electron chi connectivity index (χ0n) is 13.5. The van der Waals surface area contributed by atoms with E-state index in [4.69, 9.17) is 4.42 Å². The summed E-state index contributed by atoms with van der Waals surface area (Å²) in [5.41, 5.74) is 3.40. The minimum absolute atomic E-state index is 0.599. The zero-order valence-corrected chi connectivity index (χ0v) is 13.5. The average Bonchev–Trinajstić information content (AvgIpc) is 2.99. The second-order valence-corrected chi connectivity index (χ2v) is 5.52. The molecule has 0 unspecified atom stereocenters. The number of hydrogen-bond donors (Lipinski definition) is 2. The molecule has 0 saturated carbocycles. The number of guanidine groups is 1. The molecule has 0 atom stereocenters. The third kappa shape index (κ3) is 3.92. The summed E-state index contributed by atoms with van der Waals surface area (Å²) in [7, 11) is 1.77. The van der Waals surface area contributed by atoms with Crippen molar-refractivity contribution in [1.82, 2.24) is 10.6 Å². The molecule has 2 N–H and O–H groups in total. The van der Waals surface area contributed by atoms with E-state index in [1.54, 1.807) is 7.05 Å². The van der Waals surface area contributed by atoms with Gasteiger partial charge in [-0.15, -0.1) is 0 Å². The van der Waals surface area contributed by atoms with Crippen molar-refractivity contribution >= 4 is 16.9 Å². The molecule has 118 valence electrons. The lowest BCUT2D eigenvalue weighted by atomic mass is 10.1. The maximum absolute atomic E-state index is 5.79. The molecule has 1 heterocycles. The lowest BCUT2D eigenvalue weighted by Gasteiger charge is -2.11. The van der Waals surface area contributed by atoms with E-state index in [1.807, 2.05) is 24.3 Å². The number of aliphatic imine (C=N–C) groups is 1. The van der Waals surface area contributed by atoms with Crippen LogP contribution in [0.4, 0.5) is 0 Å². The monoisotopic (exact) mass is 307 g/mol. The molecule has 0 fully saturated rings. The molecule has 4 nitrogen and oxygen atoms in total. The largest absolute Gasteiger partial charge is 0.459 e. The normalized spacial score (nSPS) is 11.7. The number of nitrogens with zero attached hydrogens (tertiary/aromatic N) is 1. The van der Waals surface area contributed by atoms with Gasteiger partial charge in [0.25, 0.3) is 0 Å². The smallest absolute Gasteiger partial charge is 0.191 e. The second kappa shape index (κ2) is 7.01. The summed E-state index contributed by atoms with van der Waals surface area (Å²) in [4.78, 5) is 4.24. The van der Waals surface area contributed by atoms with E-state index in [9.17, 15) is 0 Å². The first kappa shape index (κ1) is 15.2. The third-order valence-electron chi connectivity index (χ3n) is 3.71. The molecule has 3 aromatic rings. The lowest BCUT2D eigenvalue weighted by Crippen LogP contribution is -2.36. The number of rotatable bonds is 4. The summed E-state index contributed by atoms with van der Waals surface area (Å²) in [6.07, 6.45) is 0. The quantitative estimate of drug-likeness (QED) is 0.572. The van der Waals surface area contributed by atoms with Gasteiger partial charge in [0.2, 0.25) is 0 Å². The highest BCUT2D eigenvalue weighted by molar-refractivity contribution is 5.80. The Morgan fingerprint density at radius 3 is 2.48 bits per heavy atom. The fourth-order valence-corrected chi connectivity index (χ4v) is 2.41. The Bertz CT molecular complexity index is 770. The van der Waals surface area contributed by atoms with Crippen molar-refractivity contribution in [2.24, 2.45) is 4.99 Å².